The zero-order valence-corrected chi connectivity index (χ0v) is 18.7. The highest BCUT2D eigenvalue weighted by molar-refractivity contribution is 7.99. The lowest BCUT2D eigenvalue weighted by atomic mass is 10.1. The second-order valence-corrected chi connectivity index (χ2v) is 8.37. The van der Waals surface area contributed by atoms with Crippen LogP contribution in [0.5, 0.6) is 11.6 Å². The van der Waals surface area contributed by atoms with Crippen LogP contribution in [0.15, 0.2) is 96.7 Å². The molecule has 0 unspecified atom stereocenters. The van der Waals surface area contributed by atoms with E-state index in [1.807, 2.05) is 78.9 Å². The highest BCUT2D eigenvalue weighted by atomic mass is 32.2. The summed E-state index contributed by atoms with van der Waals surface area (Å²) in [6.07, 6.45) is 1.34. The molecule has 2 heterocycles. The van der Waals surface area contributed by atoms with Crippen molar-refractivity contribution in [2.24, 2.45) is 0 Å². The lowest BCUT2D eigenvalue weighted by Crippen LogP contribution is -2.17. The Hall–Kier alpha value is -3.84. The molecule has 6 nitrogen and oxygen atoms in total. The number of nitrogens with zero attached hydrogens (tertiary/aromatic N) is 3. The molecule has 0 fully saturated rings. The Balaban J connectivity index is 1.45. The number of aromatic nitrogens is 3. The van der Waals surface area contributed by atoms with E-state index in [-0.39, 0.29) is 0 Å². The lowest BCUT2D eigenvalue weighted by molar-refractivity contribution is 0.224. The van der Waals surface area contributed by atoms with Crippen molar-refractivity contribution < 1.29 is 9.47 Å². The lowest BCUT2D eigenvalue weighted by Gasteiger charge is -2.20. The summed E-state index contributed by atoms with van der Waals surface area (Å²) in [5.41, 5.74) is 4.44. The van der Waals surface area contributed by atoms with Crippen molar-refractivity contribution in [2.45, 2.75) is 18.0 Å². The van der Waals surface area contributed by atoms with Gasteiger partial charge in [-0.1, -0.05) is 78.5 Å². The van der Waals surface area contributed by atoms with Gasteiger partial charge in [0.2, 0.25) is 11.0 Å². The molecule has 1 aliphatic heterocycles. The summed E-state index contributed by atoms with van der Waals surface area (Å²) in [7, 11) is 0. The Morgan fingerprint density at radius 3 is 2.73 bits per heavy atom. The van der Waals surface area contributed by atoms with E-state index in [0.717, 1.165) is 28.1 Å². The summed E-state index contributed by atoms with van der Waals surface area (Å²) in [4.78, 5) is 4.63. The number of hydrogen-bond acceptors (Lipinski definition) is 7. The number of para-hydroxylation sites is 1. The first-order valence-electron chi connectivity index (χ1n) is 10.6. The van der Waals surface area contributed by atoms with Gasteiger partial charge in [-0.2, -0.15) is 4.98 Å². The topological polar surface area (TPSA) is 69.2 Å². The predicted molar refractivity (Wildman–Crippen MR) is 130 cm³/mol. The third kappa shape index (κ3) is 4.83. The molecular weight excluding hydrogens is 432 g/mol. The smallest absolute Gasteiger partial charge is 0.247 e. The first-order valence-corrected chi connectivity index (χ1v) is 11.6. The molecule has 5 rings (SSSR count). The summed E-state index contributed by atoms with van der Waals surface area (Å²) in [5.74, 6) is 1.90. The number of nitrogens with one attached hydrogen (secondary N) is 1. The summed E-state index contributed by atoms with van der Waals surface area (Å²) in [5, 5.41) is 12.7. The minimum Gasteiger partial charge on any atom is -0.489 e. The number of benzene rings is 3. The van der Waals surface area contributed by atoms with Crippen molar-refractivity contribution in [2.75, 3.05) is 11.1 Å². The molecule has 0 spiro atoms. The Kier molecular flexibility index (Phi) is 6.21. The molecule has 1 aliphatic rings. The van der Waals surface area contributed by atoms with Crippen molar-refractivity contribution in [3.63, 3.8) is 0 Å². The molecular formula is C26H22N4O2S. The van der Waals surface area contributed by atoms with Crippen LogP contribution in [-0.4, -0.2) is 20.9 Å². The van der Waals surface area contributed by atoms with Gasteiger partial charge < -0.3 is 14.8 Å². The number of hydrogen-bond donors (Lipinski definition) is 1. The molecule has 0 radical (unpaired) electrons. The fraction of sp³-hybridized carbons (Fsp3) is 0.115. The zero-order chi connectivity index (χ0) is 22.5. The van der Waals surface area contributed by atoms with Crippen molar-refractivity contribution in [1.82, 2.24) is 15.2 Å². The highest BCUT2D eigenvalue weighted by Crippen LogP contribution is 2.39. The average molecular weight is 455 g/mol. The first-order chi connectivity index (χ1) is 16.3. The summed E-state index contributed by atoms with van der Waals surface area (Å²) in [6, 6.07) is 25.9. The van der Waals surface area contributed by atoms with Crippen LogP contribution < -0.4 is 14.8 Å². The van der Waals surface area contributed by atoms with E-state index in [1.165, 1.54) is 11.8 Å². The molecule has 1 aromatic heterocycles. The number of ether oxygens (including phenoxy) is 2. The molecule has 4 aromatic rings. The van der Waals surface area contributed by atoms with Crippen LogP contribution in [0.1, 0.15) is 17.4 Å². The van der Waals surface area contributed by atoms with E-state index in [1.54, 1.807) is 6.08 Å². The Bertz CT molecular complexity index is 1270. The molecule has 0 saturated heterocycles. The van der Waals surface area contributed by atoms with Crippen LogP contribution in [0.2, 0.25) is 0 Å². The van der Waals surface area contributed by atoms with Crippen LogP contribution in [0.4, 0.5) is 5.69 Å². The maximum atomic E-state index is 6.34. The molecule has 0 saturated carbocycles. The van der Waals surface area contributed by atoms with Crippen molar-refractivity contribution >= 4 is 17.4 Å². The van der Waals surface area contributed by atoms with Gasteiger partial charge in [0.1, 0.15) is 12.4 Å². The molecule has 0 amide bonds. The molecule has 1 N–H and O–H groups in total. The fourth-order valence-electron chi connectivity index (χ4n) is 3.50. The van der Waals surface area contributed by atoms with Gasteiger partial charge >= 0.3 is 0 Å². The number of anilines is 1. The molecule has 33 heavy (non-hydrogen) atoms. The standard InChI is InChI=1S/C26H22N4O2S/c1-2-15-33-26-28-25-23(29-30-26)21-13-6-7-14-22(21)27-24(32-25)19-11-8-12-20(16-19)31-17-18-9-4-3-5-10-18/h2-14,16,24,27H,1,15,17H2/t24-/m1/s1. The van der Waals surface area contributed by atoms with Gasteiger partial charge in [0, 0.05) is 22.6 Å². The quantitative estimate of drug-likeness (QED) is 0.275. The van der Waals surface area contributed by atoms with Gasteiger partial charge in [0.25, 0.3) is 0 Å². The monoisotopic (exact) mass is 454 g/mol. The fourth-order valence-corrected chi connectivity index (χ4v) is 4.01. The van der Waals surface area contributed by atoms with E-state index in [4.69, 9.17) is 9.47 Å². The van der Waals surface area contributed by atoms with Gasteiger partial charge in [0.15, 0.2) is 11.9 Å². The SMILES string of the molecule is C=CCSc1nnc2c(n1)O[C@H](c1cccc(OCc3ccccc3)c1)Nc1ccccc1-2. The second-order valence-electron chi connectivity index (χ2n) is 7.38. The van der Waals surface area contributed by atoms with Crippen LogP contribution in [0.25, 0.3) is 11.3 Å². The second kappa shape index (κ2) is 9.75. The summed E-state index contributed by atoms with van der Waals surface area (Å²) >= 11 is 1.46. The molecule has 7 heteroatoms. The van der Waals surface area contributed by atoms with E-state index < -0.39 is 6.23 Å². The van der Waals surface area contributed by atoms with Gasteiger partial charge in [0.05, 0.1) is 0 Å². The van der Waals surface area contributed by atoms with E-state index >= 15 is 0 Å². The van der Waals surface area contributed by atoms with Crippen molar-refractivity contribution in [3.05, 3.63) is 103 Å². The van der Waals surface area contributed by atoms with Gasteiger partial charge in [-0.05, 0) is 23.8 Å². The highest BCUT2D eigenvalue weighted by Gasteiger charge is 2.26. The Morgan fingerprint density at radius 1 is 1.00 bits per heavy atom. The van der Waals surface area contributed by atoms with Crippen LogP contribution in [-0.2, 0) is 6.61 Å². The molecule has 0 bridgehead atoms. The maximum absolute atomic E-state index is 6.34. The number of rotatable bonds is 7. The maximum Gasteiger partial charge on any atom is 0.247 e. The summed E-state index contributed by atoms with van der Waals surface area (Å²) in [6.45, 7) is 4.25. The normalized spacial score (nSPS) is 14.1. The predicted octanol–water partition coefficient (Wildman–Crippen LogP) is 5.90. The first kappa shape index (κ1) is 21.0. The van der Waals surface area contributed by atoms with Crippen LogP contribution in [0, 0.1) is 0 Å². The number of thioether (sulfide) groups is 1. The molecule has 3 aromatic carbocycles. The molecule has 164 valence electrons. The van der Waals surface area contributed by atoms with Crippen molar-refractivity contribution in [3.8, 4) is 22.9 Å². The third-order valence-electron chi connectivity index (χ3n) is 5.07. The minimum atomic E-state index is -0.471. The van der Waals surface area contributed by atoms with Gasteiger partial charge in [-0.15, -0.1) is 16.8 Å². The van der Waals surface area contributed by atoms with Crippen LogP contribution >= 0.6 is 11.8 Å². The van der Waals surface area contributed by atoms with Crippen molar-refractivity contribution in [1.29, 1.82) is 0 Å². The Labute approximate surface area is 196 Å². The summed E-state index contributed by atoms with van der Waals surface area (Å²) < 4.78 is 12.4. The minimum absolute atomic E-state index is 0.439. The van der Waals surface area contributed by atoms with E-state index in [2.05, 4.69) is 27.1 Å². The number of fused-ring (bicyclic) bond motifs is 3. The third-order valence-corrected chi connectivity index (χ3v) is 5.91. The molecule has 0 aliphatic carbocycles. The van der Waals surface area contributed by atoms with E-state index in [0.29, 0.717) is 29.1 Å². The largest absolute Gasteiger partial charge is 0.489 e. The Morgan fingerprint density at radius 2 is 1.85 bits per heavy atom. The molecule has 1 atom stereocenters. The van der Waals surface area contributed by atoms with Gasteiger partial charge in [-0.25, -0.2) is 0 Å². The van der Waals surface area contributed by atoms with Gasteiger partial charge in [-0.3, -0.25) is 0 Å². The average Bonchev–Trinajstić information content (AvgIpc) is 3.03. The van der Waals surface area contributed by atoms with E-state index in [9.17, 15) is 0 Å². The zero-order valence-electron chi connectivity index (χ0n) is 17.8. The van der Waals surface area contributed by atoms with Crippen LogP contribution in [0.3, 0.4) is 0 Å².